The Morgan fingerprint density at radius 1 is 1.50 bits per heavy atom. The van der Waals surface area contributed by atoms with E-state index in [1.54, 1.807) is 20.8 Å². The third kappa shape index (κ3) is 3.60. The molecule has 0 spiro atoms. The number of ether oxygens (including phenoxy) is 1. The van der Waals surface area contributed by atoms with Gasteiger partial charge in [-0.3, -0.25) is 14.9 Å². The minimum atomic E-state index is -0.604. The molecule has 0 saturated carbocycles. The molecule has 0 aliphatic carbocycles. The van der Waals surface area contributed by atoms with E-state index in [1.165, 1.54) is 25.3 Å². The van der Waals surface area contributed by atoms with Gasteiger partial charge < -0.3 is 10.1 Å². The zero-order chi connectivity index (χ0) is 15.5. The molecule has 1 aromatic rings. The van der Waals surface area contributed by atoms with Crippen molar-refractivity contribution in [2.75, 3.05) is 7.11 Å². The molecule has 1 amide bonds. The minimum absolute atomic E-state index is 0.0411. The molecule has 6 nitrogen and oxygen atoms in total. The molecule has 1 rings (SSSR count). The number of amides is 1. The number of hydrogen-bond acceptors (Lipinski definition) is 4. The number of carbonyl (C=O) groups is 1. The van der Waals surface area contributed by atoms with E-state index in [1.807, 2.05) is 0 Å². The molecule has 0 fully saturated rings. The van der Waals surface area contributed by atoms with Crippen molar-refractivity contribution in [2.45, 2.75) is 31.7 Å². The zero-order valence-corrected chi connectivity index (χ0v) is 12.5. The third-order valence-corrected chi connectivity index (χ3v) is 3.61. The van der Waals surface area contributed by atoms with Gasteiger partial charge in [0.25, 0.3) is 5.91 Å². The first-order valence-electron chi connectivity index (χ1n) is 5.98. The average molecular weight is 301 g/mol. The highest BCUT2D eigenvalue weighted by atomic mass is 35.5. The number of nitrogens with one attached hydrogen (secondary N) is 1. The van der Waals surface area contributed by atoms with Gasteiger partial charge in [0.2, 0.25) is 0 Å². The lowest BCUT2D eigenvalue weighted by atomic mass is 10.0. The van der Waals surface area contributed by atoms with Gasteiger partial charge in [-0.05, 0) is 26.8 Å². The van der Waals surface area contributed by atoms with E-state index in [4.69, 9.17) is 16.3 Å². The van der Waals surface area contributed by atoms with Crippen LogP contribution < -0.4 is 10.1 Å². The second-order valence-electron chi connectivity index (χ2n) is 4.94. The van der Waals surface area contributed by atoms with Crippen LogP contribution >= 0.6 is 11.6 Å². The van der Waals surface area contributed by atoms with Crippen molar-refractivity contribution in [3.63, 3.8) is 0 Å². The Hall–Kier alpha value is -1.82. The monoisotopic (exact) mass is 300 g/mol. The molecule has 1 unspecified atom stereocenters. The van der Waals surface area contributed by atoms with Gasteiger partial charge in [0.05, 0.1) is 22.9 Å². The summed E-state index contributed by atoms with van der Waals surface area (Å²) in [7, 11) is 1.31. The van der Waals surface area contributed by atoms with Gasteiger partial charge in [-0.15, -0.1) is 11.6 Å². The number of methoxy groups -OCH3 is 1. The maximum Gasteiger partial charge on any atom is 0.310 e. The SMILES string of the molecule is COc1cc(C(=O)NC(C)(C)C(C)Cl)ccc1[N+](=O)[O-]. The van der Waals surface area contributed by atoms with Crippen LogP contribution in [0.2, 0.25) is 0 Å². The number of carbonyl (C=O) groups excluding carboxylic acids is 1. The average Bonchev–Trinajstić information content (AvgIpc) is 2.36. The highest BCUT2D eigenvalue weighted by molar-refractivity contribution is 6.21. The van der Waals surface area contributed by atoms with E-state index >= 15 is 0 Å². The van der Waals surface area contributed by atoms with Crippen LogP contribution in [0.4, 0.5) is 5.69 Å². The summed E-state index contributed by atoms with van der Waals surface area (Å²) >= 11 is 6.00. The van der Waals surface area contributed by atoms with Gasteiger partial charge >= 0.3 is 5.69 Å². The number of rotatable bonds is 5. The second kappa shape index (κ2) is 6.09. The largest absolute Gasteiger partial charge is 0.490 e. The molecule has 1 N–H and O–H groups in total. The highest BCUT2D eigenvalue weighted by Crippen LogP contribution is 2.27. The highest BCUT2D eigenvalue weighted by Gasteiger charge is 2.27. The number of nitro groups is 1. The van der Waals surface area contributed by atoms with Crippen LogP contribution in [0.1, 0.15) is 31.1 Å². The Morgan fingerprint density at radius 2 is 2.10 bits per heavy atom. The summed E-state index contributed by atoms with van der Waals surface area (Å²) in [5, 5.41) is 13.3. The van der Waals surface area contributed by atoms with E-state index in [-0.39, 0.29) is 28.3 Å². The topological polar surface area (TPSA) is 81.5 Å². The maximum atomic E-state index is 12.1. The predicted molar refractivity (Wildman–Crippen MR) is 76.5 cm³/mol. The molecule has 1 atom stereocenters. The molecule has 20 heavy (non-hydrogen) atoms. The van der Waals surface area contributed by atoms with Gasteiger partial charge in [-0.1, -0.05) is 0 Å². The predicted octanol–water partition coefficient (Wildman–Crippen LogP) is 2.74. The molecule has 0 saturated heterocycles. The minimum Gasteiger partial charge on any atom is -0.490 e. The molecule has 0 heterocycles. The first-order valence-corrected chi connectivity index (χ1v) is 6.41. The molecular weight excluding hydrogens is 284 g/mol. The Kier molecular flexibility index (Phi) is 4.94. The van der Waals surface area contributed by atoms with Crippen LogP contribution in [0, 0.1) is 10.1 Å². The van der Waals surface area contributed by atoms with E-state index < -0.39 is 10.5 Å². The van der Waals surface area contributed by atoms with Gasteiger partial charge in [-0.2, -0.15) is 0 Å². The molecule has 7 heteroatoms. The van der Waals surface area contributed by atoms with Crippen LogP contribution in [0.3, 0.4) is 0 Å². The summed E-state index contributed by atoms with van der Waals surface area (Å²) in [5.74, 6) is -0.324. The molecule has 110 valence electrons. The standard InChI is InChI=1S/C13H17ClN2O4/c1-8(14)13(2,3)15-12(17)9-5-6-10(16(18)19)11(7-9)20-4/h5-8H,1-4H3,(H,15,17). The molecule has 0 bridgehead atoms. The Bertz CT molecular complexity index is 529. The fourth-order valence-electron chi connectivity index (χ4n) is 1.43. The summed E-state index contributed by atoms with van der Waals surface area (Å²) in [6, 6.07) is 3.96. The summed E-state index contributed by atoms with van der Waals surface area (Å²) < 4.78 is 4.93. The number of alkyl halides is 1. The van der Waals surface area contributed by atoms with Crippen LogP contribution in [0.25, 0.3) is 0 Å². The molecule has 0 radical (unpaired) electrons. The zero-order valence-electron chi connectivity index (χ0n) is 11.8. The van der Waals surface area contributed by atoms with Gasteiger partial charge in [0, 0.05) is 17.7 Å². The first-order chi connectivity index (χ1) is 9.19. The summed E-state index contributed by atoms with van der Waals surface area (Å²) in [6.45, 7) is 5.37. The molecular formula is C13H17ClN2O4. The van der Waals surface area contributed by atoms with Crippen molar-refractivity contribution in [3.05, 3.63) is 33.9 Å². The van der Waals surface area contributed by atoms with E-state index in [2.05, 4.69) is 5.32 Å². The van der Waals surface area contributed by atoms with Crippen molar-refractivity contribution in [1.82, 2.24) is 5.32 Å². The number of hydrogen-bond donors (Lipinski definition) is 1. The van der Waals surface area contributed by atoms with E-state index in [9.17, 15) is 14.9 Å². The fourth-order valence-corrected chi connectivity index (χ4v) is 1.49. The smallest absolute Gasteiger partial charge is 0.310 e. The van der Waals surface area contributed by atoms with Crippen LogP contribution in [-0.2, 0) is 0 Å². The Balaban J connectivity index is 3.04. The molecule has 0 aliphatic rings. The first kappa shape index (κ1) is 16.2. The van der Waals surface area contributed by atoms with Crippen molar-refractivity contribution in [2.24, 2.45) is 0 Å². The lowest BCUT2D eigenvalue weighted by Gasteiger charge is -2.29. The quantitative estimate of drug-likeness (QED) is 0.515. The van der Waals surface area contributed by atoms with Gasteiger partial charge in [0.1, 0.15) is 0 Å². The molecule has 0 aromatic heterocycles. The summed E-state index contributed by atoms with van der Waals surface area (Å²) in [6.07, 6.45) is 0. The Morgan fingerprint density at radius 3 is 2.55 bits per heavy atom. The molecule has 0 aliphatic heterocycles. The van der Waals surface area contributed by atoms with E-state index in [0.29, 0.717) is 0 Å². The van der Waals surface area contributed by atoms with Crippen molar-refractivity contribution in [3.8, 4) is 5.75 Å². The second-order valence-corrected chi connectivity index (χ2v) is 5.59. The normalized spacial score (nSPS) is 12.7. The van der Waals surface area contributed by atoms with Crippen LogP contribution in [-0.4, -0.2) is 28.9 Å². The number of nitrogens with zero attached hydrogens (tertiary/aromatic N) is 1. The third-order valence-electron chi connectivity index (χ3n) is 3.07. The van der Waals surface area contributed by atoms with Crippen LogP contribution in [0.15, 0.2) is 18.2 Å². The lowest BCUT2D eigenvalue weighted by Crippen LogP contribution is -2.49. The lowest BCUT2D eigenvalue weighted by molar-refractivity contribution is -0.385. The summed E-state index contributed by atoms with van der Waals surface area (Å²) in [5.41, 5.74) is -0.514. The fraction of sp³-hybridized carbons (Fsp3) is 0.462. The van der Waals surface area contributed by atoms with Crippen LogP contribution in [0.5, 0.6) is 5.75 Å². The van der Waals surface area contributed by atoms with Crippen molar-refractivity contribution >= 4 is 23.2 Å². The molecule has 1 aromatic carbocycles. The van der Waals surface area contributed by atoms with Gasteiger partial charge in [0.15, 0.2) is 5.75 Å². The maximum absolute atomic E-state index is 12.1. The van der Waals surface area contributed by atoms with Gasteiger partial charge in [-0.25, -0.2) is 0 Å². The number of halogens is 1. The van der Waals surface area contributed by atoms with Crippen molar-refractivity contribution in [1.29, 1.82) is 0 Å². The number of nitro benzene ring substituents is 1. The van der Waals surface area contributed by atoms with Crippen molar-refractivity contribution < 1.29 is 14.5 Å². The summed E-state index contributed by atoms with van der Waals surface area (Å²) in [4.78, 5) is 22.3. The number of benzene rings is 1. The Labute approximate surface area is 122 Å². The van der Waals surface area contributed by atoms with E-state index in [0.717, 1.165) is 0 Å².